The largest absolute Gasteiger partial charge is 0.312 e. The fourth-order valence-electron chi connectivity index (χ4n) is 1.26. The van der Waals surface area contributed by atoms with Crippen molar-refractivity contribution in [3.63, 3.8) is 0 Å². The third-order valence-corrected chi connectivity index (χ3v) is 2.24. The molecule has 1 heterocycles. The van der Waals surface area contributed by atoms with Crippen molar-refractivity contribution in [3.05, 3.63) is 0 Å². The quantitative estimate of drug-likeness (QED) is 0.601. The van der Waals surface area contributed by atoms with Crippen LogP contribution in [-0.2, 0) is 0 Å². The van der Waals surface area contributed by atoms with Crippen molar-refractivity contribution in [2.24, 2.45) is 0 Å². The zero-order chi connectivity index (χ0) is 6.04. The maximum absolute atomic E-state index is 3.48. The molecule has 1 fully saturated rings. The molecular formula is C7H16ClN. The molecule has 9 heavy (non-hydrogen) atoms. The Balaban J connectivity index is 0.000000640. The monoisotopic (exact) mass is 149 g/mol. The standard InChI is InChI=1S/C7H15N.ClH/c1-3-7(2)5-4-6-8-7;/h8H,3-6H2,1-2H3;1H. The summed E-state index contributed by atoms with van der Waals surface area (Å²) >= 11 is 0. The van der Waals surface area contributed by atoms with E-state index in [-0.39, 0.29) is 12.4 Å². The van der Waals surface area contributed by atoms with Gasteiger partial charge in [0.2, 0.25) is 0 Å². The summed E-state index contributed by atoms with van der Waals surface area (Å²) in [5, 5.41) is 3.48. The Morgan fingerprint density at radius 1 is 1.56 bits per heavy atom. The van der Waals surface area contributed by atoms with E-state index in [9.17, 15) is 0 Å². The van der Waals surface area contributed by atoms with Crippen LogP contribution in [-0.4, -0.2) is 12.1 Å². The molecule has 1 N–H and O–H groups in total. The Morgan fingerprint density at radius 3 is 2.44 bits per heavy atom. The van der Waals surface area contributed by atoms with Crippen LogP contribution in [0.3, 0.4) is 0 Å². The Bertz CT molecular complexity index is 77.0. The van der Waals surface area contributed by atoms with Crippen LogP contribution < -0.4 is 5.32 Å². The summed E-state index contributed by atoms with van der Waals surface area (Å²) in [5.74, 6) is 0. The molecule has 0 aromatic rings. The molecule has 1 saturated heterocycles. The summed E-state index contributed by atoms with van der Waals surface area (Å²) < 4.78 is 0. The molecule has 0 aromatic carbocycles. The molecule has 0 bridgehead atoms. The van der Waals surface area contributed by atoms with Crippen LogP contribution in [0.1, 0.15) is 33.1 Å². The topological polar surface area (TPSA) is 12.0 Å². The zero-order valence-corrected chi connectivity index (χ0v) is 7.05. The summed E-state index contributed by atoms with van der Waals surface area (Å²) in [5.41, 5.74) is 0.486. The third-order valence-electron chi connectivity index (χ3n) is 2.24. The van der Waals surface area contributed by atoms with Gasteiger partial charge in [-0.3, -0.25) is 0 Å². The first-order valence-electron chi connectivity index (χ1n) is 3.52. The number of nitrogens with one attached hydrogen (secondary N) is 1. The van der Waals surface area contributed by atoms with E-state index < -0.39 is 0 Å². The lowest BCUT2D eigenvalue weighted by Gasteiger charge is -2.21. The van der Waals surface area contributed by atoms with Gasteiger partial charge in [-0.25, -0.2) is 0 Å². The van der Waals surface area contributed by atoms with Crippen molar-refractivity contribution in [2.45, 2.75) is 38.6 Å². The van der Waals surface area contributed by atoms with Crippen LogP contribution in [0.2, 0.25) is 0 Å². The lowest BCUT2D eigenvalue weighted by Crippen LogP contribution is -2.34. The van der Waals surface area contributed by atoms with Crippen LogP contribution in [0, 0.1) is 0 Å². The van der Waals surface area contributed by atoms with Gasteiger partial charge in [-0.1, -0.05) is 6.92 Å². The van der Waals surface area contributed by atoms with Gasteiger partial charge < -0.3 is 5.32 Å². The van der Waals surface area contributed by atoms with Gasteiger partial charge in [-0.15, -0.1) is 12.4 Å². The van der Waals surface area contributed by atoms with E-state index in [2.05, 4.69) is 19.2 Å². The summed E-state index contributed by atoms with van der Waals surface area (Å²) in [6, 6.07) is 0. The van der Waals surface area contributed by atoms with Crippen LogP contribution in [0.4, 0.5) is 0 Å². The van der Waals surface area contributed by atoms with Gasteiger partial charge in [-0.2, -0.15) is 0 Å². The van der Waals surface area contributed by atoms with Crippen molar-refractivity contribution >= 4 is 12.4 Å². The van der Waals surface area contributed by atoms with Gasteiger partial charge in [0.15, 0.2) is 0 Å². The molecular weight excluding hydrogens is 134 g/mol. The molecule has 56 valence electrons. The van der Waals surface area contributed by atoms with Gasteiger partial charge in [-0.05, 0) is 32.7 Å². The van der Waals surface area contributed by atoms with Crippen molar-refractivity contribution in [1.82, 2.24) is 5.32 Å². The predicted octanol–water partition coefficient (Wildman–Crippen LogP) is 1.96. The van der Waals surface area contributed by atoms with Crippen LogP contribution in [0.15, 0.2) is 0 Å². The number of hydrogen-bond donors (Lipinski definition) is 1. The summed E-state index contributed by atoms with van der Waals surface area (Å²) in [4.78, 5) is 0. The SMILES string of the molecule is CCC1(C)CCCN1.Cl. The molecule has 1 aliphatic rings. The molecule has 0 saturated carbocycles. The molecule has 1 atom stereocenters. The molecule has 1 unspecified atom stereocenters. The molecule has 0 radical (unpaired) electrons. The first kappa shape index (κ1) is 9.25. The minimum Gasteiger partial charge on any atom is -0.312 e. The highest BCUT2D eigenvalue weighted by Gasteiger charge is 2.24. The number of hydrogen-bond acceptors (Lipinski definition) is 1. The minimum atomic E-state index is 0. The van der Waals surface area contributed by atoms with Crippen molar-refractivity contribution < 1.29 is 0 Å². The molecule has 0 aromatic heterocycles. The molecule has 1 aliphatic heterocycles. The van der Waals surface area contributed by atoms with E-state index in [1.54, 1.807) is 0 Å². The summed E-state index contributed by atoms with van der Waals surface area (Å²) in [6.07, 6.45) is 4.00. The van der Waals surface area contributed by atoms with Crippen LogP contribution in [0.25, 0.3) is 0 Å². The lowest BCUT2D eigenvalue weighted by atomic mass is 9.98. The van der Waals surface area contributed by atoms with Crippen LogP contribution in [0.5, 0.6) is 0 Å². The van der Waals surface area contributed by atoms with Gasteiger partial charge in [0.05, 0.1) is 0 Å². The second kappa shape index (κ2) is 3.43. The highest BCUT2D eigenvalue weighted by Crippen LogP contribution is 2.20. The van der Waals surface area contributed by atoms with Gasteiger partial charge in [0, 0.05) is 5.54 Å². The Labute approximate surface area is 63.6 Å². The maximum Gasteiger partial charge on any atom is 0.0151 e. The second-order valence-corrected chi connectivity index (χ2v) is 2.94. The normalized spacial score (nSPS) is 34.0. The third kappa shape index (κ3) is 2.15. The first-order valence-corrected chi connectivity index (χ1v) is 3.52. The highest BCUT2D eigenvalue weighted by atomic mass is 35.5. The predicted molar refractivity (Wildman–Crippen MR) is 43.2 cm³/mol. The van der Waals surface area contributed by atoms with E-state index in [1.807, 2.05) is 0 Å². The van der Waals surface area contributed by atoms with Crippen molar-refractivity contribution in [2.75, 3.05) is 6.54 Å². The second-order valence-electron chi connectivity index (χ2n) is 2.94. The fourth-order valence-corrected chi connectivity index (χ4v) is 1.26. The Morgan fingerprint density at radius 2 is 2.22 bits per heavy atom. The number of rotatable bonds is 1. The Kier molecular flexibility index (Phi) is 3.52. The summed E-state index contributed by atoms with van der Waals surface area (Å²) in [6.45, 7) is 5.78. The van der Waals surface area contributed by atoms with Crippen molar-refractivity contribution in [1.29, 1.82) is 0 Å². The fraction of sp³-hybridized carbons (Fsp3) is 1.00. The molecule has 1 nitrogen and oxygen atoms in total. The zero-order valence-electron chi connectivity index (χ0n) is 6.24. The van der Waals surface area contributed by atoms with E-state index in [1.165, 1.54) is 25.8 Å². The van der Waals surface area contributed by atoms with Gasteiger partial charge in [0.1, 0.15) is 0 Å². The van der Waals surface area contributed by atoms with Gasteiger partial charge >= 0.3 is 0 Å². The maximum atomic E-state index is 3.48. The highest BCUT2D eigenvalue weighted by molar-refractivity contribution is 5.85. The van der Waals surface area contributed by atoms with E-state index >= 15 is 0 Å². The molecule has 0 spiro atoms. The van der Waals surface area contributed by atoms with E-state index in [0.29, 0.717) is 5.54 Å². The van der Waals surface area contributed by atoms with Crippen LogP contribution >= 0.6 is 12.4 Å². The summed E-state index contributed by atoms with van der Waals surface area (Å²) in [7, 11) is 0. The van der Waals surface area contributed by atoms with E-state index in [0.717, 1.165) is 0 Å². The van der Waals surface area contributed by atoms with Gasteiger partial charge in [0.25, 0.3) is 0 Å². The van der Waals surface area contributed by atoms with Crippen molar-refractivity contribution in [3.8, 4) is 0 Å². The Hall–Kier alpha value is 0.250. The average molecular weight is 150 g/mol. The minimum absolute atomic E-state index is 0. The number of halogens is 1. The molecule has 2 heteroatoms. The first-order chi connectivity index (χ1) is 3.77. The van der Waals surface area contributed by atoms with E-state index in [4.69, 9.17) is 0 Å². The molecule has 1 rings (SSSR count). The lowest BCUT2D eigenvalue weighted by molar-refractivity contribution is 0.401. The average Bonchev–Trinajstić information content (AvgIpc) is 2.17. The molecule has 0 amide bonds. The smallest absolute Gasteiger partial charge is 0.0151 e. The molecule has 0 aliphatic carbocycles.